The Hall–Kier alpha value is -0.660. The highest BCUT2D eigenvalue weighted by Gasteiger charge is 2.12. The molecule has 1 aromatic heterocycles. The number of primary sulfonamides is 1. The molecule has 7 heteroatoms. The van der Waals surface area contributed by atoms with Crippen molar-refractivity contribution < 1.29 is 8.42 Å². The number of thiazole rings is 1. The summed E-state index contributed by atoms with van der Waals surface area (Å²) in [7, 11) is -0.0192. The van der Waals surface area contributed by atoms with E-state index < -0.39 is 10.0 Å². The van der Waals surface area contributed by atoms with Crippen LogP contribution in [0, 0.1) is 0 Å². The summed E-state index contributed by atoms with van der Waals surface area (Å²) in [5, 5.41) is 5.52. The SMILES string of the molecule is CN(C)c1ncc(S(N)(=O)=O)s1. The zero-order valence-corrected chi connectivity index (χ0v) is 8.32. The molecule has 0 saturated heterocycles. The van der Waals surface area contributed by atoms with Gasteiger partial charge in [0.2, 0.25) is 10.0 Å². The predicted octanol–water partition coefficient (Wildman–Crippen LogP) is -0.144. The average Bonchev–Trinajstić information content (AvgIpc) is 2.30. The van der Waals surface area contributed by atoms with Gasteiger partial charge in [-0.2, -0.15) is 0 Å². The van der Waals surface area contributed by atoms with Gasteiger partial charge in [-0.25, -0.2) is 18.5 Å². The standard InChI is InChI=1S/C5H9N3O2S2/c1-8(2)5-7-3-4(11-5)12(6,9)10/h3H,1-2H3,(H2,6,9,10). The summed E-state index contributed by atoms with van der Waals surface area (Å²) in [5.41, 5.74) is 0. The molecule has 0 unspecified atom stereocenters. The fraction of sp³-hybridized carbons (Fsp3) is 0.400. The highest BCUT2D eigenvalue weighted by atomic mass is 32.2. The van der Waals surface area contributed by atoms with E-state index in [0.717, 1.165) is 11.3 Å². The van der Waals surface area contributed by atoms with E-state index in [1.807, 2.05) is 0 Å². The minimum absolute atomic E-state index is 0.0891. The Morgan fingerprint density at radius 3 is 2.42 bits per heavy atom. The van der Waals surface area contributed by atoms with E-state index in [9.17, 15) is 8.42 Å². The fourth-order valence-electron chi connectivity index (χ4n) is 0.589. The third-order valence-corrected chi connectivity index (χ3v) is 3.71. The van der Waals surface area contributed by atoms with Gasteiger partial charge in [-0.05, 0) is 0 Å². The maximum Gasteiger partial charge on any atom is 0.249 e. The van der Waals surface area contributed by atoms with Crippen LogP contribution in [0.15, 0.2) is 10.4 Å². The van der Waals surface area contributed by atoms with Crippen LogP contribution in [-0.4, -0.2) is 27.5 Å². The van der Waals surface area contributed by atoms with E-state index in [1.165, 1.54) is 6.20 Å². The summed E-state index contributed by atoms with van der Waals surface area (Å²) in [6.07, 6.45) is 1.26. The summed E-state index contributed by atoms with van der Waals surface area (Å²) < 4.78 is 21.7. The Balaban J connectivity index is 3.09. The van der Waals surface area contributed by atoms with Crippen molar-refractivity contribution >= 4 is 26.5 Å². The summed E-state index contributed by atoms with van der Waals surface area (Å²) >= 11 is 1.05. The Morgan fingerprint density at radius 1 is 1.58 bits per heavy atom. The van der Waals surface area contributed by atoms with Crippen LogP contribution in [0.2, 0.25) is 0 Å². The normalized spacial score (nSPS) is 11.6. The Kier molecular flexibility index (Phi) is 2.36. The molecule has 0 saturated carbocycles. The van der Waals surface area contributed by atoms with E-state index >= 15 is 0 Å². The number of rotatable bonds is 2. The van der Waals surface area contributed by atoms with Crippen molar-refractivity contribution in [3.63, 3.8) is 0 Å². The van der Waals surface area contributed by atoms with Crippen LogP contribution in [0.3, 0.4) is 0 Å². The van der Waals surface area contributed by atoms with Crippen molar-refractivity contribution in [1.29, 1.82) is 0 Å². The van der Waals surface area contributed by atoms with E-state index in [1.54, 1.807) is 19.0 Å². The van der Waals surface area contributed by atoms with Crippen LogP contribution in [0.1, 0.15) is 0 Å². The second kappa shape index (κ2) is 3.00. The molecule has 2 N–H and O–H groups in total. The molecule has 12 heavy (non-hydrogen) atoms. The predicted molar refractivity (Wildman–Crippen MR) is 47.8 cm³/mol. The second-order valence-electron chi connectivity index (χ2n) is 2.40. The molecular weight excluding hydrogens is 198 g/mol. The van der Waals surface area contributed by atoms with Crippen molar-refractivity contribution in [2.75, 3.05) is 19.0 Å². The van der Waals surface area contributed by atoms with Crippen molar-refractivity contribution in [1.82, 2.24) is 4.98 Å². The lowest BCUT2D eigenvalue weighted by atomic mass is 10.9. The van der Waals surface area contributed by atoms with Gasteiger partial charge in [-0.15, -0.1) is 0 Å². The highest BCUT2D eigenvalue weighted by molar-refractivity contribution is 7.91. The minimum Gasteiger partial charge on any atom is -0.354 e. The van der Waals surface area contributed by atoms with Gasteiger partial charge in [0.05, 0.1) is 6.20 Å². The zero-order chi connectivity index (χ0) is 9.35. The van der Waals surface area contributed by atoms with Gasteiger partial charge in [0, 0.05) is 14.1 Å². The van der Waals surface area contributed by atoms with Crippen LogP contribution in [-0.2, 0) is 10.0 Å². The molecule has 0 aliphatic heterocycles. The maximum absolute atomic E-state index is 10.8. The minimum atomic E-state index is -3.59. The Bertz CT molecular complexity index is 368. The Labute approximate surface area is 74.9 Å². The van der Waals surface area contributed by atoms with Gasteiger partial charge in [0.25, 0.3) is 0 Å². The van der Waals surface area contributed by atoms with E-state index in [-0.39, 0.29) is 4.21 Å². The first-order valence-electron chi connectivity index (χ1n) is 3.07. The number of nitrogens with zero attached hydrogens (tertiary/aromatic N) is 2. The van der Waals surface area contributed by atoms with Crippen LogP contribution in [0.4, 0.5) is 5.13 Å². The van der Waals surface area contributed by atoms with E-state index in [0.29, 0.717) is 5.13 Å². The van der Waals surface area contributed by atoms with Crippen molar-refractivity contribution in [3.8, 4) is 0 Å². The van der Waals surface area contributed by atoms with Gasteiger partial charge in [-0.3, -0.25) is 0 Å². The molecule has 68 valence electrons. The van der Waals surface area contributed by atoms with Crippen LogP contribution < -0.4 is 10.0 Å². The van der Waals surface area contributed by atoms with E-state index in [2.05, 4.69) is 4.98 Å². The summed E-state index contributed by atoms with van der Waals surface area (Å²) in [6.45, 7) is 0. The number of hydrogen-bond acceptors (Lipinski definition) is 5. The number of aromatic nitrogens is 1. The van der Waals surface area contributed by atoms with Crippen molar-refractivity contribution in [3.05, 3.63) is 6.20 Å². The summed E-state index contributed by atoms with van der Waals surface area (Å²) in [4.78, 5) is 5.59. The van der Waals surface area contributed by atoms with Gasteiger partial charge < -0.3 is 4.90 Å². The third-order valence-electron chi connectivity index (χ3n) is 1.14. The van der Waals surface area contributed by atoms with Crippen LogP contribution in [0.25, 0.3) is 0 Å². The summed E-state index contributed by atoms with van der Waals surface area (Å²) in [5.74, 6) is 0. The summed E-state index contributed by atoms with van der Waals surface area (Å²) in [6, 6.07) is 0. The fourth-order valence-corrected chi connectivity index (χ4v) is 2.05. The molecular formula is C5H9N3O2S2. The first-order valence-corrected chi connectivity index (χ1v) is 5.43. The molecule has 0 fully saturated rings. The molecule has 1 rings (SSSR count). The zero-order valence-electron chi connectivity index (χ0n) is 6.68. The molecule has 0 bridgehead atoms. The number of hydrogen-bond donors (Lipinski definition) is 1. The van der Waals surface area contributed by atoms with E-state index in [4.69, 9.17) is 5.14 Å². The number of nitrogens with two attached hydrogens (primary N) is 1. The molecule has 0 aromatic carbocycles. The van der Waals surface area contributed by atoms with Crippen LogP contribution >= 0.6 is 11.3 Å². The number of sulfonamides is 1. The average molecular weight is 207 g/mol. The van der Waals surface area contributed by atoms with Gasteiger partial charge in [0.1, 0.15) is 0 Å². The molecule has 0 aliphatic rings. The smallest absolute Gasteiger partial charge is 0.249 e. The van der Waals surface area contributed by atoms with Gasteiger partial charge >= 0.3 is 0 Å². The molecule has 0 spiro atoms. The van der Waals surface area contributed by atoms with Crippen molar-refractivity contribution in [2.24, 2.45) is 5.14 Å². The molecule has 1 heterocycles. The monoisotopic (exact) mass is 207 g/mol. The topological polar surface area (TPSA) is 76.3 Å². The lowest BCUT2D eigenvalue weighted by Crippen LogP contribution is -2.10. The van der Waals surface area contributed by atoms with Crippen LogP contribution in [0.5, 0.6) is 0 Å². The molecule has 1 aromatic rings. The molecule has 0 amide bonds. The lowest BCUT2D eigenvalue weighted by molar-refractivity contribution is 0.599. The quantitative estimate of drug-likeness (QED) is 0.732. The first kappa shape index (κ1) is 9.43. The van der Waals surface area contributed by atoms with Gasteiger partial charge in [0.15, 0.2) is 9.34 Å². The van der Waals surface area contributed by atoms with Crippen molar-refractivity contribution in [2.45, 2.75) is 4.21 Å². The number of anilines is 1. The maximum atomic E-state index is 10.8. The second-order valence-corrected chi connectivity index (χ2v) is 5.20. The lowest BCUT2D eigenvalue weighted by Gasteiger charge is -2.04. The third kappa shape index (κ3) is 1.93. The molecule has 0 atom stereocenters. The molecule has 5 nitrogen and oxygen atoms in total. The first-order chi connectivity index (χ1) is 5.41. The Morgan fingerprint density at radius 2 is 2.17 bits per heavy atom. The largest absolute Gasteiger partial charge is 0.354 e. The molecule has 0 radical (unpaired) electrons. The molecule has 0 aliphatic carbocycles. The van der Waals surface area contributed by atoms with Gasteiger partial charge in [-0.1, -0.05) is 11.3 Å². The highest BCUT2D eigenvalue weighted by Crippen LogP contribution is 2.22.